The summed E-state index contributed by atoms with van der Waals surface area (Å²) in [5, 5.41) is 4.96. The quantitative estimate of drug-likeness (QED) is 0.782. The molecule has 0 aliphatic heterocycles. The molecule has 3 amide bonds. The molecular formula is C20H24FN3O3. The van der Waals surface area contributed by atoms with Crippen LogP contribution in [0.5, 0.6) is 5.75 Å². The zero-order valence-electron chi connectivity index (χ0n) is 15.7. The number of carbonyl (C=O) groups is 2. The van der Waals surface area contributed by atoms with Gasteiger partial charge < -0.3 is 10.1 Å². The molecule has 0 aromatic heterocycles. The van der Waals surface area contributed by atoms with Crippen LogP contribution in [0.2, 0.25) is 0 Å². The number of nitrogens with zero attached hydrogens (tertiary/aromatic N) is 1. The average Bonchev–Trinajstić information content (AvgIpc) is 2.60. The summed E-state index contributed by atoms with van der Waals surface area (Å²) in [7, 11) is 1.72. The van der Waals surface area contributed by atoms with Crippen molar-refractivity contribution in [3.05, 3.63) is 59.4 Å². The maximum atomic E-state index is 13.5. The molecule has 0 atom stereocenters. The number of carbonyl (C=O) groups excluding carboxylic acids is 2. The molecule has 6 nitrogen and oxygen atoms in total. The smallest absolute Gasteiger partial charge is 0.325 e. The van der Waals surface area contributed by atoms with Gasteiger partial charge in [-0.1, -0.05) is 24.3 Å². The number of aryl methyl sites for hydroxylation is 1. The van der Waals surface area contributed by atoms with Gasteiger partial charge in [0.25, 0.3) is 0 Å². The maximum Gasteiger partial charge on any atom is 0.325 e. The minimum Gasteiger partial charge on any atom is -0.489 e. The van der Waals surface area contributed by atoms with Crippen LogP contribution in [0.25, 0.3) is 0 Å². The highest BCUT2D eigenvalue weighted by Gasteiger charge is 2.12. The van der Waals surface area contributed by atoms with E-state index >= 15 is 0 Å². The Balaban J connectivity index is 1.73. The molecule has 0 radical (unpaired) electrons. The molecule has 144 valence electrons. The third kappa shape index (κ3) is 6.38. The van der Waals surface area contributed by atoms with Gasteiger partial charge in [0, 0.05) is 12.2 Å². The van der Waals surface area contributed by atoms with Crippen molar-refractivity contribution in [2.24, 2.45) is 0 Å². The molecular weight excluding hydrogens is 349 g/mol. The number of ether oxygens (including phenoxy) is 1. The molecule has 7 heteroatoms. The summed E-state index contributed by atoms with van der Waals surface area (Å²) >= 11 is 0. The van der Waals surface area contributed by atoms with Gasteiger partial charge in [0.15, 0.2) is 11.6 Å². The zero-order chi connectivity index (χ0) is 19.8. The van der Waals surface area contributed by atoms with E-state index in [0.29, 0.717) is 12.2 Å². The molecule has 0 fully saturated rings. The first kappa shape index (κ1) is 20.4. The van der Waals surface area contributed by atoms with E-state index in [4.69, 9.17) is 4.74 Å². The molecule has 0 saturated heterocycles. The number of imide groups is 1. The van der Waals surface area contributed by atoms with Crippen LogP contribution in [0.4, 0.5) is 14.9 Å². The fourth-order valence-corrected chi connectivity index (χ4v) is 2.40. The lowest BCUT2D eigenvalue weighted by atomic mass is 10.1. The molecule has 0 spiro atoms. The summed E-state index contributed by atoms with van der Waals surface area (Å²) in [6.45, 7) is 4.48. The van der Waals surface area contributed by atoms with Crippen LogP contribution in [0.15, 0.2) is 42.5 Å². The lowest BCUT2D eigenvalue weighted by Crippen LogP contribution is -2.41. The number of nitrogens with one attached hydrogen (secondary N) is 2. The van der Waals surface area contributed by atoms with Crippen molar-refractivity contribution in [1.82, 2.24) is 10.2 Å². The van der Waals surface area contributed by atoms with Crippen molar-refractivity contribution in [3.63, 3.8) is 0 Å². The Labute approximate surface area is 158 Å². The highest BCUT2D eigenvalue weighted by Crippen LogP contribution is 2.17. The number of para-hydroxylation sites is 1. The minimum atomic E-state index is -0.579. The molecule has 0 heterocycles. The molecule has 0 bridgehead atoms. The van der Waals surface area contributed by atoms with Crippen LogP contribution in [0.1, 0.15) is 11.1 Å². The van der Waals surface area contributed by atoms with Gasteiger partial charge in [-0.25, -0.2) is 9.18 Å². The van der Waals surface area contributed by atoms with E-state index < -0.39 is 17.8 Å². The number of hydrogen-bond donors (Lipinski definition) is 2. The Morgan fingerprint density at radius 2 is 1.85 bits per heavy atom. The van der Waals surface area contributed by atoms with Crippen molar-refractivity contribution in [1.29, 1.82) is 0 Å². The molecule has 2 rings (SSSR count). The van der Waals surface area contributed by atoms with E-state index in [-0.39, 0.29) is 18.9 Å². The molecule has 2 aromatic rings. The summed E-state index contributed by atoms with van der Waals surface area (Å²) in [4.78, 5) is 25.6. The average molecular weight is 373 g/mol. The van der Waals surface area contributed by atoms with Gasteiger partial charge in [-0.2, -0.15) is 0 Å². The Kier molecular flexibility index (Phi) is 7.31. The summed E-state index contributed by atoms with van der Waals surface area (Å²) in [5.74, 6) is -0.699. The highest BCUT2D eigenvalue weighted by atomic mass is 19.1. The van der Waals surface area contributed by atoms with E-state index in [2.05, 4.69) is 10.6 Å². The SMILES string of the molecule is Cc1cccc(NC(=O)NC(=O)CN(C)CCOc2ccccc2F)c1C. The van der Waals surface area contributed by atoms with E-state index in [1.165, 1.54) is 6.07 Å². The number of anilines is 1. The van der Waals surface area contributed by atoms with Crippen LogP contribution in [0.3, 0.4) is 0 Å². The molecule has 2 N–H and O–H groups in total. The second-order valence-electron chi connectivity index (χ2n) is 6.27. The molecule has 0 aliphatic carbocycles. The summed E-state index contributed by atoms with van der Waals surface area (Å²) in [5.41, 5.74) is 2.66. The normalized spacial score (nSPS) is 10.6. The van der Waals surface area contributed by atoms with Gasteiger partial charge in [-0.05, 0) is 50.2 Å². The molecule has 27 heavy (non-hydrogen) atoms. The van der Waals surface area contributed by atoms with Gasteiger partial charge in [0.05, 0.1) is 6.54 Å². The lowest BCUT2D eigenvalue weighted by molar-refractivity contribution is -0.120. The van der Waals surface area contributed by atoms with Gasteiger partial charge in [-0.15, -0.1) is 0 Å². The van der Waals surface area contributed by atoms with E-state index in [1.54, 1.807) is 36.2 Å². The first-order chi connectivity index (χ1) is 12.9. The Morgan fingerprint density at radius 3 is 2.59 bits per heavy atom. The minimum absolute atomic E-state index is 0.0147. The third-order valence-electron chi connectivity index (χ3n) is 4.09. The van der Waals surface area contributed by atoms with Crippen LogP contribution in [-0.4, -0.2) is 43.6 Å². The van der Waals surface area contributed by atoms with Crippen LogP contribution < -0.4 is 15.4 Å². The zero-order valence-corrected chi connectivity index (χ0v) is 15.7. The predicted octanol–water partition coefficient (Wildman–Crippen LogP) is 3.10. The summed E-state index contributed by atoms with van der Waals surface area (Å²) in [6.07, 6.45) is 0. The Morgan fingerprint density at radius 1 is 1.11 bits per heavy atom. The number of rotatable bonds is 7. The highest BCUT2D eigenvalue weighted by molar-refractivity contribution is 6.02. The summed E-state index contributed by atoms with van der Waals surface area (Å²) < 4.78 is 18.8. The number of urea groups is 1. The van der Waals surface area contributed by atoms with Crippen molar-refractivity contribution in [2.45, 2.75) is 13.8 Å². The predicted molar refractivity (Wildman–Crippen MR) is 102 cm³/mol. The number of benzene rings is 2. The number of likely N-dealkylation sites (N-methyl/N-ethyl adjacent to an activating group) is 1. The first-order valence-electron chi connectivity index (χ1n) is 8.59. The van der Waals surface area contributed by atoms with Gasteiger partial charge in [0.2, 0.25) is 5.91 Å². The number of amides is 3. The Hall–Kier alpha value is -2.93. The lowest BCUT2D eigenvalue weighted by Gasteiger charge is -2.17. The van der Waals surface area contributed by atoms with Gasteiger partial charge in [0.1, 0.15) is 6.61 Å². The first-order valence-corrected chi connectivity index (χ1v) is 8.59. The largest absolute Gasteiger partial charge is 0.489 e. The van der Waals surface area contributed by atoms with Gasteiger partial charge in [-0.3, -0.25) is 15.0 Å². The van der Waals surface area contributed by atoms with Crippen LogP contribution in [-0.2, 0) is 4.79 Å². The van der Waals surface area contributed by atoms with E-state index in [0.717, 1.165) is 11.1 Å². The molecule has 0 saturated carbocycles. The third-order valence-corrected chi connectivity index (χ3v) is 4.09. The van der Waals surface area contributed by atoms with Gasteiger partial charge >= 0.3 is 6.03 Å². The maximum absolute atomic E-state index is 13.5. The standard InChI is InChI=1S/C20H24FN3O3/c1-14-7-6-9-17(15(14)2)22-20(26)23-19(25)13-24(3)11-12-27-18-10-5-4-8-16(18)21/h4-10H,11-13H2,1-3H3,(H2,22,23,25,26). The fourth-order valence-electron chi connectivity index (χ4n) is 2.40. The molecule has 0 unspecified atom stereocenters. The molecule has 0 aliphatic rings. The van der Waals surface area contributed by atoms with E-state index in [1.807, 2.05) is 26.0 Å². The van der Waals surface area contributed by atoms with Crippen molar-refractivity contribution in [2.75, 3.05) is 32.1 Å². The van der Waals surface area contributed by atoms with Crippen molar-refractivity contribution in [3.8, 4) is 5.75 Å². The monoisotopic (exact) mass is 373 g/mol. The van der Waals surface area contributed by atoms with Crippen molar-refractivity contribution < 1.29 is 18.7 Å². The van der Waals surface area contributed by atoms with Crippen molar-refractivity contribution >= 4 is 17.6 Å². The number of halogens is 1. The molecule has 2 aromatic carbocycles. The number of hydrogen-bond acceptors (Lipinski definition) is 4. The van der Waals surface area contributed by atoms with E-state index in [9.17, 15) is 14.0 Å². The topological polar surface area (TPSA) is 70.7 Å². The van der Waals surface area contributed by atoms with Crippen LogP contribution in [0, 0.1) is 19.7 Å². The second kappa shape index (κ2) is 9.68. The summed E-state index contributed by atoms with van der Waals surface area (Å²) in [6, 6.07) is 11.1. The van der Waals surface area contributed by atoms with Crippen LogP contribution >= 0.6 is 0 Å². The second-order valence-corrected chi connectivity index (χ2v) is 6.27. The fraction of sp³-hybridized carbons (Fsp3) is 0.300. The Bertz CT molecular complexity index is 811.